The molecular weight excluding hydrogens is 465 g/mol. The van der Waals surface area contributed by atoms with E-state index in [0.29, 0.717) is 36.1 Å². The summed E-state index contributed by atoms with van der Waals surface area (Å²) in [5, 5.41) is 4.06. The zero-order chi connectivity index (χ0) is 23.5. The van der Waals surface area contributed by atoms with Gasteiger partial charge in [-0.2, -0.15) is 0 Å². The van der Waals surface area contributed by atoms with Crippen molar-refractivity contribution in [1.29, 1.82) is 0 Å². The molecule has 2 amide bonds. The van der Waals surface area contributed by atoms with E-state index < -0.39 is 0 Å². The second-order valence-corrected chi connectivity index (χ2v) is 8.62. The SMILES string of the molecule is O=C(CCN(CCCN1CCOCC1)C(=O)c1cnccn1)NCCc1ccc(Cl)cc1Cl. The Bertz CT molecular complexity index is 910. The minimum absolute atomic E-state index is 0.120. The molecule has 1 aliphatic heterocycles. The van der Waals surface area contributed by atoms with E-state index in [1.54, 1.807) is 17.0 Å². The number of nitrogens with zero attached hydrogens (tertiary/aromatic N) is 4. The number of amides is 2. The van der Waals surface area contributed by atoms with Gasteiger partial charge in [-0.15, -0.1) is 0 Å². The van der Waals surface area contributed by atoms with Crippen LogP contribution in [0.3, 0.4) is 0 Å². The summed E-state index contributed by atoms with van der Waals surface area (Å²) in [6.45, 7) is 5.47. The van der Waals surface area contributed by atoms with E-state index in [1.165, 1.54) is 18.6 Å². The zero-order valence-corrected chi connectivity index (χ0v) is 20.0. The summed E-state index contributed by atoms with van der Waals surface area (Å²) in [6, 6.07) is 5.32. The van der Waals surface area contributed by atoms with Gasteiger partial charge in [-0.05, 0) is 30.5 Å². The predicted octanol–water partition coefficient (Wildman–Crippen LogP) is 2.70. The normalized spacial score (nSPS) is 14.1. The topological polar surface area (TPSA) is 87.7 Å². The minimum Gasteiger partial charge on any atom is -0.379 e. The number of rotatable bonds is 11. The van der Waals surface area contributed by atoms with Crippen LogP contribution in [0.25, 0.3) is 0 Å². The van der Waals surface area contributed by atoms with Gasteiger partial charge in [-0.25, -0.2) is 4.98 Å². The third kappa shape index (κ3) is 8.55. The Morgan fingerprint density at radius 1 is 1.15 bits per heavy atom. The number of carbonyl (C=O) groups is 2. The smallest absolute Gasteiger partial charge is 0.274 e. The Kier molecular flexibility index (Phi) is 10.3. The van der Waals surface area contributed by atoms with Crippen LogP contribution in [-0.2, 0) is 16.0 Å². The number of halogens is 2. The van der Waals surface area contributed by atoms with Crippen molar-refractivity contribution in [2.75, 3.05) is 52.5 Å². The monoisotopic (exact) mass is 493 g/mol. The van der Waals surface area contributed by atoms with Gasteiger partial charge < -0.3 is 15.0 Å². The van der Waals surface area contributed by atoms with E-state index >= 15 is 0 Å². The molecule has 1 aromatic heterocycles. The first kappa shape index (κ1) is 25.4. The molecule has 8 nitrogen and oxygen atoms in total. The van der Waals surface area contributed by atoms with Gasteiger partial charge >= 0.3 is 0 Å². The maximum absolute atomic E-state index is 12.9. The van der Waals surface area contributed by atoms with Gasteiger partial charge in [0, 0.05) is 68.1 Å². The van der Waals surface area contributed by atoms with Crippen LogP contribution in [0.1, 0.15) is 28.9 Å². The third-order valence-electron chi connectivity index (χ3n) is 5.42. The molecule has 178 valence electrons. The molecule has 0 spiro atoms. The van der Waals surface area contributed by atoms with Gasteiger partial charge in [0.2, 0.25) is 5.91 Å². The number of ether oxygens (including phenoxy) is 1. The fraction of sp³-hybridized carbons (Fsp3) is 0.478. The highest BCUT2D eigenvalue weighted by Gasteiger charge is 2.19. The van der Waals surface area contributed by atoms with E-state index in [2.05, 4.69) is 20.2 Å². The Hall–Kier alpha value is -2.26. The molecule has 10 heteroatoms. The number of carbonyl (C=O) groups excluding carboxylic acids is 2. The van der Waals surface area contributed by atoms with Crippen molar-refractivity contribution >= 4 is 35.0 Å². The van der Waals surface area contributed by atoms with Crippen LogP contribution in [0.4, 0.5) is 0 Å². The lowest BCUT2D eigenvalue weighted by Gasteiger charge is -2.28. The van der Waals surface area contributed by atoms with Crippen molar-refractivity contribution in [1.82, 2.24) is 25.1 Å². The maximum Gasteiger partial charge on any atom is 0.274 e. The molecule has 1 N–H and O–H groups in total. The van der Waals surface area contributed by atoms with Crippen molar-refractivity contribution < 1.29 is 14.3 Å². The molecule has 0 unspecified atom stereocenters. The Balaban J connectivity index is 1.47. The average molecular weight is 494 g/mol. The first-order valence-corrected chi connectivity index (χ1v) is 11.8. The Morgan fingerprint density at radius 3 is 2.70 bits per heavy atom. The highest BCUT2D eigenvalue weighted by atomic mass is 35.5. The summed E-state index contributed by atoms with van der Waals surface area (Å²) in [5.74, 6) is -0.337. The van der Waals surface area contributed by atoms with Gasteiger partial charge in [-0.3, -0.25) is 19.5 Å². The fourth-order valence-corrected chi connectivity index (χ4v) is 4.09. The van der Waals surface area contributed by atoms with Crippen LogP contribution in [0.5, 0.6) is 0 Å². The first-order valence-electron chi connectivity index (χ1n) is 11.1. The second-order valence-electron chi connectivity index (χ2n) is 7.78. The lowest BCUT2D eigenvalue weighted by Crippen LogP contribution is -2.40. The van der Waals surface area contributed by atoms with Crippen LogP contribution in [0.15, 0.2) is 36.8 Å². The largest absolute Gasteiger partial charge is 0.379 e. The van der Waals surface area contributed by atoms with Crippen molar-refractivity contribution in [3.05, 3.63) is 58.1 Å². The second kappa shape index (κ2) is 13.4. The molecule has 0 saturated carbocycles. The predicted molar refractivity (Wildman–Crippen MR) is 128 cm³/mol. The van der Waals surface area contributed by atoms with E-state index in [0.717, 1.165) is 44.8 Å². The van der Waals surface area contributed by atoms with Crippen LogP contribution in [0.2, 0.25) is 10.0 Å². The molecule has 2 aromatic rings. The van der Waals surface area contributed by atoms with E-state index in [1.807, 2.05) is 6.07 Å². The summed E-state index contributed by atoms with van der Waals surface area (Å²) < 4.78 is 5.38. The lowest BCUT2D eigenvalue weighted by molar-refractivity contribution is -0.121. The number of aromatic nitrogens is 2. The van der Waals surface area contributed by atoms with Gasteiger partial charge in [0.05, 0.1) is 19.4 Å². The molecule has 2 heterocycles. The third-order valence-corrected chi connectivity index (χ3v) is 6.00. The average Bonchev–Trinajstić information content (AvgIpc) is 2.83. The zero-order valence-electron chi connectivity index (χ0n) is 18.5. The van der Waals surface area contributed by atoms with Crippen molar-refractivity contribution in [2.24, 2.45) is 0 Å². The van der Waals surface area contributed by atoms with E-state index in [-0.39, 0.29) is 23.9 Å². The molecule has 1 saturated heterocycles. The van der Waals surface area contributed by atoms with E-state index in [9.17, 15) is 9.59 Å². The molecule has 1 fully saturated rings. The van der Waals surface area contributed by atoms with Crippen LogP contribution in [-0.4, -0.2) is 84.1 Å². The summed E-state index contributed by atoms with van der Waals surface area (Å²) >= 11 is 12.1. The molecule has 33 heavy (non-hydrogen) atoms. The fourth-order valence-electron chi connectivity index (χ4n) is 3.58. The van der Waals surface area contributed by atoms with Crippen molar-refractivity contribution in [3.8, 4) is 0 Å². The highest BCUT2D eigenvalue weighted by molar-refractivity contribution is 6.35. The Morgan fingerprint density at radius 2 is 1.97 bits per heavy atom. The Labute approximate surface area is 204 Å². The molecule has 0 aliphatic carbocycles. The summed E-state index contributed by atoms with van der Waals surface area (Å²) in [7, 11) is 0. The molecule has 0 atom stereocenters. The standard InChI is InChI=1S/C23H29Cl2N5O3/c24-19-3-2-18(20(25)16-19)4-6-28-22(31)5-11-30(23(32)21-17-26-7-8-27-21)10-1-9-29-12-14-33-15-13-29/h2-3,7-8,16-17H,1,4-6,9-15H2,(H,28,31). The quantitative estimate of drug-likeness (QED) is 0.517. The molecule has 3 rings (SSSR count). The lowest BCUT2D eigenvalue weighted by atomic mass is 10.1. The van der Waals surface area contributed by atoms with E-state index in [4.69, 9.17) is 27.9 Å². The van der Waals surface area contributed by atoms with Gasteiger partial charge in [0.1, 0.15) is 5.69 Å². The number of hydrogen-bond donors (Lipinski definition) is 1. The van der Waals surface area contributed by atoms with Crippen molar-refractivity contribution in [3.63, 3.8) is 0 Å². The number of hydrogen-bond acceptors (Lipinski definition) is 6. The first-order chi connectivity index (χ1) is 16.0. The molecule has 0 radical (unpaired) electrons. The molecule has 0 bridgehead atoms. The van der Waals surface area contributed by atoms with Gasteiger partial charge in [0.25, 0.3) is 5.91 Å². The summed E-state index contributed by atoms with van der Waals surface area (Å²) in [4.78, 5) is 37.5. The van der Waals surface area contributed by atoms with Crippen LogP contribution >= 0.6 is 23.2 Å². The van der Waals surface area contributed by atoms with Gasteiger partial charge in [-0.1, -0.05) is 29.3 Å². The number of nitrogens with one attached hydrogen (secondary N) is 1. The molecular formula is C23H29Cl2N5O3. The van der Waals surface area contributed by atoms with Crippen LogP contribution < -0.4 is 5.32 Å². The maximum atomic E-state index is 12.9. The molecule has 1 aromatic carbocycles. The summed E-state index contributed by atoms with van der Waals surface area (Å²) in [6.07, 6.45) is 6.09. The minimum atomic E-state index is -0.217. The molecule has 1 aliphatic rings. The number of benzene rings is 1. The highest BCUT2D eigenvalue weighted by Crippen LogP contribution is 2.21. The van der Waals surface area contributed by atoms with Gasteiger partial charge in [0.15, 0.2) is 0 Å². The number of morpholine rings is 1. The summed E-state index contributed by atoms with van der Waals surface area (Å²) in [5.41, 5.74) is 1.20. The van der Waals surface area contributed by atoms with Crippen LogP contribution in [0, 0.1) is 0 Å². The van der Waals surface area contributed by atoms with Crippen molar-refractivity contribution in [2.45, 2.75) is 19.3 Å².